The fourth-order valence-corrected chi connectivity index (χ4v) is 1.52. The van der Waals surface area contributed by atoms with Crippen LogP contribution in [0.3, 0.4) is 0 Å². The Morgan fingerprint density at radius 1 is 1.27 bits per heavy atom. The molecule has 1 saturated carbocycles. The summed E-state index contributed by atoms with van der Waals surface area (Å²) >= 11 is 0. The third kappa shape index (κ3) is 3.57. The fraction of sp³-hybridized carbons (Fsp3) is 0.800. The van der Waals surface area contributed by atoms with Crippen LogP contribution in [0, 0.1) is 0 Å². The van der Waals surface area contributed by atoms with Gasteiger partial charge in [0.2, 0.25) is 0 Å². The highest BCUT2D eigenvalue weighted by Crippen LogP contribution is 2.19. The summed E-state index contributed by atoms with van der Waals surface area (Å²) in [5, 5.41) is 0. The van der Waals surface area contributed by atoms with Crippen LogP contribution in [0.25, 0.3) is 0 Å². The van der Waals surface area contributed by atoms with Gasteiger partial charge < -0.3 is 4.74 Å². The zero-order valence-corrected chi connectivity index (χ0v) is 7.38. The van der Waals surface area contributed by atoms with E-state index in [1.165, 1.54) is 32.1 Å². The van der Waals surface area contributed by atoms with E-state index in [-0.39, 0.29) is 0 Å². The lowest BCUT2D eigenvalue weighted by atomic mass is 9.98. The van der Waals surface area contributed by atoms with Crippen LogP contribution >= 0.6 is 0 Å². The molecule has 64 valence electrons. The largest absolute Gasteiger partial charge is 0.374 e. The summed E-state index contributed by atoms with van der Waals surface area (Å²) in [5.74, 6) is 0. The average Bonchev–Trinajstić information content (AvgIpc) is 2.07. The van der Waals surface area contributed by atoms with Gasteiger partial charge in [-0.1, -0.05) is 31.4 Å². The van der Waals surface area contributed by atoms with Gasteiger partial charge in [-0.05, 0) is 19.8 Å². The van der Waals surface area contributed by atoms with Crippen molar-refractivity contribution in [1.82, 2.24) is 0 Å². The molecule has 1 aliphatic carbocycles. The van der Waals surface area contributed by atoms with E-state index in [0.29, 0.717) is 6.10 Å². The quantitative estimate of drug-likeness (QED) is 0.568. The molecule has 0 atom stereocenters. The van der Waals surface area contributed by atoms with Gasteiger partial charge in [0.1, 0.15) is 0 Å². The summed E-state index contributed by atoms with van der Waals surface area (Å²) in [6.07, 6.45) is 11.4. The molecule has 0 aromatic rings. The standard InChI is InChI=1S/C10H18O/c1-2-3-9-11-10-7-5-4-6-8-10/h2-3,10H,4-9H2,1H3/b3-2+. The Hall–Kier alpha value is -0.300. The van der Waals surface area contributed by atoms with Crippen LogP contribution < -0.4 is 0 Å². The lowest BCUT2D eigenvalue weighted by Gasteiger charge is -2.21. The molecule has 0 unspecified atom stereocenters. The maximum absolute atomic E-state index is 5.64. The Morgan fingerprint density at radius 3 is 2.64 bits per heavy atom. The molecule has 0 aliphatic heterocycles. The van der Waals surface area contributed by atoms with Crippen LogP contribution in [0.1, 0.15) is 39.0 Å². The van der Waals surface area contributed by atoms with Crippen LogP contribution in [0.4, 0.5) is 0 Å². The van der Waals surface area contributed by atoms with Crippen LogP contribution in [0.2, 0.25) is 0 Å². The predicted octanol–water partition coefficient (Wildman–Crippen LogP) is 2.91. The van der Waals surface area contributed by atoms with Crippen molar-refractivity contribution in [3.63, 3.8) is 0 Å². The summed E-state index contributed by atoms with van der Waals surface area (Å²) in [6, 6.07) is 0. The first kappa shape index (κ1) is 8.79. The van der Waals surface area contributed by atoms with E-state index in [0.717, 1.165) is 6.61 Å². The lowest BCUT2D eigenvalue weighted by Crippen LogP contribution is -2.16. The molecule has 0 spiro atoms. The van der Waals surface area contributed by atoms with E-state index in [1.54, 1.807) is 0 Å². The van der Waals surface area contributed by atoms with Crippen molar-refractivity contribution in [2.24, 2.45) is 0 Å². The lowest BCUT2D eigenvalue weighted by molar-refractivity contribution is 0.0465. The molecule has 0 aromatic carbocycles. The van der Waals surface area contributed by atoms with Crippen molar-refractivity contribution in [3.8, 4) is 0 Å². The van der Waals surface area contributed by atoms with E-state index in [4.69, 9.17) is 4.74 Å². The smallest absolute Gasteiger partial charge is 0.0651 e. The molecule has 0 amide bonds. The highest BCUT2D eigenvalue weighted by Gasteiger charge is 2.12. The molecule has 0 radical (unpaired) electrons. The maximum atomic E-state index is 5.64. The Balaban J connectivity index is 2.04. The third-order valence-corrected chi connectivity index (χ3v) is 2.22. The van der Waals surface area contributed by atoms with Gasteiger partial charge in [-0.25, -0.2) is 0 Å². The van der Waals surface area contributed by atoms with Crippen molar-refractivity contribution in [2.45, 2.75) is 45.1 Å². The van der Waals surface area contributed by atoms with Gasteiger partial charge >= 0.3 is 0 Å². The minimum absolute atomic E-state index is 0.556. The Morgan fingerprint density at radius 2 is 2.00 bits per heavy atom. The highest BCUT2D eigenvalue weighted by molar-refractivity contribution is 4.77. The molecular formula is C10H18O. The van der Waals surface area contributed by atoms with Crippen molar-refractivity contribution in [3.05, 3.63) is 12.2 Å². The normalized spacial score (nSPS) is 21.2. The topological polar surface area (TPSA) is 9.23 Å². The number of hydrogen-bond donors (Lipinski definition) is 0. The fourth-order valence-electron chi connectivity index (χ4n) is 1.52. The number of rotatable bonds is 3. The minimum Gasteiger partial charge on any atom is -0.374 e. The molecule has 11 heavy (non-hydrogen) atoms. The molecule has 0 aromatic heterocycles. The van der Waals surface area contributed by atoms with Gasteiger partial charge in [0.25, 0.3) is 0 Å². The summed E-state index contributed by atoms with van der Waals surface area (Å²) in [6.45, 7) is 2.84. The van der Waals surface area contributed by atoms with Gasteiger partial charge in [-0.2, -0.15) is 0 Å². The second-order valence-electron chi connectivity index (χ2n) is 3.16. The summed E-state index contributed by atoms with van der Waals surface area (Å²) < 4.78 is 5.64. The summed E-state index contributed by atoms with van der Waals surface area (Å²) in [7, 11) is 0. The minimum atomic E-state index is 0.556. The number of ether oxygens (including phenoxy) is 1. The van der Waals surface area contributed by atoms with E-state index in [2.05, 4.69) is 6.08 Å². The van der Waals surface area contributed by atoms with Crippen LogP contribution in [0.5, 0.6) is 0 Å². The first-order chi connectivity index (χ1) is 5.43. The van der Waals surface area contributed by atoms with Crippen molar-refractivity contribution >= 4 is 0 Å². The molecule has 1 aliphatic rings. The second kappa shape index (κ2) is 5.36. The summed E-state index contributed by atoms with van der Waals surface area (Å²) in [4.78, 5) is 0. The average molecular weight is 154 g/mol. The SMILES string of the molecule is C/C=C/COC1CCCCC1. The van der Waals surface area contributed by atoms with Gasteiger partial charge in [0.15, 0.2) is 0 Å². The summed E-state index contributed by atoms with van der Waals surface area (Å²) in [5.41, 5.74) is 0. The number of hydrogen-bond acceptors (Lipinski definition) is 1. The van der Waals surface area contributed by atoms with Gasteiger partial charge in [0.05, 0.1) is 12.7 Å². The second-order valence-corrected chi connectivity index (χ2v) is 3.16. The highest BCUT2D eigenvalue weighted by atomic mass is 16.5. The molecule has 0 bridgehead atoms. The van der Waals surface area contributed by atoms with E-state index >= 15 is 0 Å². The van der Waals surface area contributed by atoms with Gasteiger partial charge in [-0.3, -0.25) is 0 Å². The monoisotopic (exact) mass is 154 g/mol. The van der Waals surface area contributed by atoms with E-state index in [9.17, 15) is 0 Å². The predicted molar refractivity (Wildman–Crippen MR) is 47.6 cm³/mol. The Labute approximate surface area is 69.4 Å². The van der Waals surface area contributed by atoms with Crippen molar-refractivity contribution < 1.29 is 4.74 Å². The molecular weight excluding hydrogens is 136 g/mol. The molecule has 0 N–H and O–H groups in total. The molecule has 0 saturated heterocycles. The van der Waals surface area contributed by atoms with E-state index < -0.39 is 0 Å². The van der Waals surface area contributed by atoms with Gasteiger partial charge in [0, 0.05) is 0 Å². The molecule has 1 heteroatoms. The molecule has 1 fully saturated rings. The molecule has 0 heterocycles. The van der Waals surface area contributed by atoms with Crippen LogP contribution in [0.15, 0.2) is 12.2 Å². The zero-order valence-electron chi connectivity index (χ0n) is 7.38. The van der Waals surface area contributed by atoms with E-state index in [1.807, 2.05) is 13.0 Å². The van der Waals surface area contributed by atoms with Gasteiger partial charge in [-0.15, -0.1) is 0 Å². The molecule has 1 rings (SSSR count). The zero-order chi connectivity index (χ0) is 7.94. The maximum Gasteiger partial charge on any atom is 0.0651 e. The first-order valence-electron chi connectivity index (χ1n) is 4.66. The van der Waals surface area contributed by atoms with Crippen LogP contribution in [-0.4, -0.2) is 12.7 Å². The molecule has 1 nitrogen and oxygen atoms in total. The third-order valence-electron chi connectivity index (χ3n) is 2.22. The van der Waals surface area contributed by atoms with Crippen molar-refractivity contribution in [1.29, 1.82) is 0 Å². The first-order valence-corrected chi connectivity index (χ1v) is 4.66. The van der Waals surface area contributed by atoms with Crippen molar-refractivity contribution in [2.75, 3.05) is 6.61 Å². The van der Waals surface area contributed by atoms with Crippen LogP contribution in [-0.2, 0) is 4.74 Å². The Bertz CT molecular complexity index is 112. The Kier molecular flexibility index (Phi) is 4.29. The number of allylic oxidation sites excluding steroid dienone is 1.